The number of amides is 1. The van der Waals surface area contributed by atoms with E-state index in [1.807, 2.05) is 36.1 Å². The number of hydrogen-bond donors (Lipinski definition) is 2. The van der Waals surface area contributed by atoms with Crippen molar-refractivity contribution < 1.29 is 19.7 Å². The van der Waals surface area contributed by atoms with Crippen LogP contribution in [-0.2, 0) is 4.74 Å². The van der Waals surface area contributed by atoms with Crippen LogP contribution >= 0.6 is 0 Å². The number of aliphatic hydroxyl groups is 2. The van der Waals surface area contributed by atoms with Crippen LogP contribution in [0.1, 0.15) is 15.9 Å². The van der Waals surface area contributed by atoms with Crippen LogP contribution in [0.15, 0.2) is 24.3 Å². The number of benzene rings is 1. The highest BCUT2D eigenvalue weighted by molar-refractivity contribution is 5.94. The quantitative estimate of drug-likeness (QED) is 0.794. The zero-order valence-electron chi connectivity index (χ0n) is 13.4. The monoisotopic (exact) mass is 320 g/mol. The highest BCUT2D eigenvalue weighted by atomic mass is 16.5. The second-order valence-electron chi connectivity index (χ2n) is 6.36. The lowest BCUT2D eigenvalue weighted by atomic mass is 10.0. The summed E-state index contributed by atoms with van der Waals surface area (Å²) >= 11 is 0. The molecule has 23 heavy (non-hydrogen) atoms. The summed E-state index contributed by atoms with van der Waals surface area (Å²) in [6.45, 7) is 5.17. The Balaban J connectivity index is 1.59. The Bertz CT molecular complexity index is 557. The first-order valence-corrected chi connectivity index (χ1v) is 8.10. The van der Waals surface area contributed by atoms with Crippen molar-refractivity contribution in [1.29, 1.82) is 0 Å². The van der Waals surface area contributed by atoms with Gasteiger partial charge in [-0.25, -0.2) is 0 Å². The van der Waals surface area contributed by atoms with Gasteiger partial charge in [0.2, 0.25) is 0 Å². The maximum atomic E-state index is 12.5. The van der Waals surface area contributed by atoms with Crippen molar-refractivity contribution in [1.82, 2.24) is 9.80 Å². The van der Waals surface area contributed by atoms with Crippen molar-refractivity contribution in [3.8, 4) is 0 Å². The topological polar surface area (TPSA) is 73.2 Å². The van der Waals surface area contributed by atoms with Gasteiger partial charge in [0, 0.05) is 31.7 Å². The van der Waals surface area contributed by atoms with Gasteiger partial charge >= 0.3 is 0 Å². The zero-order chi connectivity index (χ0) is 16.4. The van der Waals surface area contributed by atoms with Crippen LogP contribution in [0, 0.1) is 6.92 Å². The van der Waals surface area contributed by atoms with Gasteiger partial charge in [-0.3, -0.25) is 9.69 Å². The molecule has 2 heterocycles. The minimum atomic E-state index is -0.833. The molecule has 2 aliphatic heterocycles. The predicted molar refractivity (Wildman–Crippen MR) is 85.3 cm³/mol. The van der Waals surface area contributed by atoms with E-state index in [-0.39, 0.29) is 18.6 Å². The standard InChI is InChI=1S/C17H24N2O4/c1-12-3-2-4-13(9-12)17(22)19-7-5-18(6-8-19)14-10-23-11-15(20)16(14)21/h2-4,9,14-16,20-21H,5-8,10-11H2,1H3/t14-,15-,16+/m1/s1. The number of nitrogens with zero attached hydrogens (tertiary/aromatic N) is 2. The normalized spacial score (nSPS) is 29.5. The van der Waals surface area contributed by atoms with Gasteiger partial charge < -0.3 is 19.8 Å². The summed E-state index contributed by atoms with van der Waals surface area (Å²) in [6, 6.07) is 7.43. The molecule has 2 saturated heterocycles. The van der Waals surface area contributed by atoms with Crippen molar-refractivity contribution in [2.24, 2.45) is 0 Å². The molecule has 6 heteroatoms. The minimum Gasteiger partial charge on any atom is -0.389 e. The number of aryl methyl sites for hydroxylation is 1. The van der Waals surface area contributed by atoms with E-state index in [1.165, 1.54) is 0 Å². The van der Waals surface area contributed by atoms with Gasteiger partial charge in [-0.15, -0.1) is 0 Å². The van der Waals surface area contributed by atoms with Gasteiger partial charge in [-0.1, -0.05) is 17.7 Å². The Morgan fingerprint density at radius 1 is 1.17 bits per heavy atom. The Morgan fingerprint density at radius 3 is 2.61 bits per heavy atom. The van der Waals surface area contributed by atoms with E-state index >= 15 is 0 Å². The van der Waals surface area contributed by atoms with Crippen LogP contribution in [0.4, 0.5) is 0 Å². The smallest absolute Gasteiger partial charge is 0.253 e. The number of carbonyl (C=O) groups excluding carboxylic acids is 1. The van der Waals surface area contributed by atoms with Crippen molar-refractivity contribution in [2.45, 2.75) is 25.2 Å². The van der Waals surface area contributed by atoms with Gasteiger partial charge in [0.15, 0.2) is 0 Å². The van der Waals surface area contributed by atoms with Crippen LogP contribution in [0.25, 0.3) is 0 Å². The molecule has 3 rings (SSSR count). The number of carbonyl (C=O) groups is 1. The molecule has 0 aliphatic carbocycles. The molecule has 2 fully saturated rings. The minimum absolute atomic E-state index is 0.0498. The molecular formula is C17H24N2O4. The van der Waals surface area contributed by atoms with E-state index < -0.39 is 12.2 Å². The zero-order valence-corrected chi connectivity index (χ0v) is 13.4. The maximum Gasteiger partial charge on any atom is 0.253 e. The van der Waals surface area contributed by atoms with Crippen molar-refractivity contribution >= 4 is 5.91 Å². The van der Waals surface area contributed by atoms with Gasteiger partial charge in [-0.05, 0) is 19.1 Å². The van der Waals surface area contributed by atoms with Crippen molar-refractivity contribution in [3.63, 3.8) is 0 Å². The molecule has 0 unspecified atom stereocenters. The van der Waals surface area contributed by atoms with E-state index in [0.29, 0.717) is 32.8 Å². The molecule has 2 N–H and O–H groups in total. The summed E-state index contributed by atoms with van der Waals surface area (Å²) < 4.78 is 5.34. The van der Waals surface area contributed by atoms with Crippen LogP contribution in [0.3, 0.4) is 0 Å². The lowest BCUT2D eigenvalue weighted by molar-refractivity contribution is -0.136. The summed E-state index contributed by atoms with van der Waals surface area (Å²) in [6.07, 6.45) is -1.62. The lowest BCUT2D eigenvalue weighted by Crippen LogP contribution is -2.60. The third kappa shape index (κ3) is 3.55. The molecule has 6 nitrogen and oxygen atoms in total. The summed E-state index contributed by atoms with van der Waals surface area (Å²) in [5.41, 5.74) is 1.79. The van der Waals surface area contributed by atoms with E-state index in [4.69, 9.17) is 4.74 Å². The van der Waals surface area contributed by atoms with Gasteiger partial charge in [0.05, 0.1) is 25.4 Å². The Morgan fingerprint density at radius 2 is 1.91 bits per heavy atom. The largest absolute Gasteiger partial charge is 0.389 e. The first-order valence-electron chi connectivity index (χ1n) is 8.10. The van der Waals surface area contributed by atoms with Crippen LogP contribution in [-0.4, -0.2) is 83.6 Å². The third-order valence-electron chi connectivity index (χ3n) is 4.70. The highest BCUT2D eigenvalue weighted by Crippen LogP contribution is 2.18. The first kappa shape index (κ1) is 16.4. The lowest BCUT2D eigenvalue weighted by Gasteiger charge is -2.43. The summed E-state index contributed by atoms with van der Waals surface area (Å²) in [4.78, 5) is 16.5. The Kier molecular flexibility index (Phi) is 4.96. The average molecular weight is 320 g/mol. The Hall–Kier alpha value is -1.47. The number of rotatable bonds is 2. The van der Waals surface area contributed by atoms with Crippen LogP contribution in [0.2, 0.25) is 0 Å². The van der Waals surface area contributed by atoms with E-state index in [9.17, 15) is 15.0 Å². The molecule has 1 aromatic carbocycles. The summed E-state index contributed by atoms with van der Waals surface area (Å²) in [7, 11) is 0. The fourth-order valence-electron chi connectivity index (χ4n) is 3.30. The molecule has 1 aromatic rings. The first-order chi connectivity index (χ1) is 11.1. The predicted octanol–water partition coefficient (Wildman–Crippen LogP) is -0.127. The SMILES string of the molecule is Cc1cccc(C(=O)N2CCN([C@@H]3COC[C@@H](O)[C@H]3O)CC2)c1. The third-order valence-corrected chi connectivity index (χ3v) is 4.70. The highest BCUT2D eigenvalue weighted by Gasteiger charge is 2.37. The van der Waals surface area contributed by atoms with E-state index in [0.717, 1.165) is 11.1 Å². The molecule has 1 amide bonds. The van der Waals surface area contributed by atoms with Crippen LogP contribution in [0.5, 0.6) is 0 Å². The Labute approximate surface area is 136 Å². The second-order valence-corrected chi connectivity index (χ2v) is 6.36. The number of hydrogen-bond acceptors (Lipinski definition) is 5. The molecule has 0 aromatic heterocycles. The molecule has 0 spiro atoms. The molecule has 2 aliphatic rings. The number of piperazine rings is 1. The molecule has 0 bridgehead atoms. The summed E-state index contributed by atoms with van der Waals surface area (Å²) in [5, 5.41) is 19.8. The molecule has 0 saturated carbocycles. The van der Waals surface area contributed by atoms with Gasteiger partial charge in [-0.2, -0.15) is 0 Å². The van der Waals surface area contributed by atoms with Gasteiger partial charge in [0.25, 0.3) is 5.91 Å². The average Bonchev–Trinajstić information content (AvgIpc) is 2.57. The molecule has 126 valence electrons. The second kappa shape index (κ2) is 6.97. The molecular weight excluding hydrogens is 296 g/mol. The van der Waals surface area contributed by atoms with E-state index in [1.54, 1.807) is 0 Å². The van der Waals surface area contributed by atoms with Crippen LogP contribution < -0.4 is 0 Å². The van der Waals surface area contributed by atoms with Gasteiger partial charge in [0.1, 0.15) is 6.10 Å². The summed E-state index contributed by atoms with van der Waals surface area (Å²) in [5.74, 6) is 0.0498. The number of ether oxygens (including phenoxy) is 1. The molecule has 3 atom stereocenters. The maximum absolute atomic E-state index is 12.5. The fraction of sp³-hybridized carbons (Fsp3) is 0.588. The van der Waals surface area contributed by atoms with Crippen molar-refractivity contribution in [2.75, 3.05) is 39.4 Å². The van der Waals surface area contributed by atoms with Crippen molar-refractivity contribution in [3.05, 3.63) is 35.4 Å². The fourth-order valence-corrected chi connectivity index (χ4v) is 3.30. The van der Waals surface area contributed by atoms with E-state index in [2.05, 4.69) is 4.90 Å². The molecule has 0 radical (unpaired) electrons. The number of aliphatic hydroxyl groups excluding tert-OH is 2.